The highest BCUT2D eigenvalue weighted by Crippen LogP contribution is 2.45. The van der Waals surface area contributed by atoms with Gasteiger partial charge in [0.25, 0.3) is 5.91 Å². The van der Waals surface area contributed by atoms with Gasteiger partial charge >= 0.3 is 5.97 Å². The molecule has 20 heteroatoms. The molecule has 1 amide bonds. The maximum absolute atomic E-state index is 14.8. The van der Waals surface area contributed by atoms with Crippen LogP contribution in [0, 0.1) is 23.7 Å². The Bertz CT molecular complexity index is 2070. The number of halogens is 1. The molecule has 5 rings (SSSR count). The molecule has 3 aliphatic heterocycles. The number of benzene rings is 1. The van der Waals surface area contributed by atoms with Crippen molar-refractivity contribution in [2.24, 2.45) is 23.7 Å². The number of carbonyl (C=O) groups excluding carboxylic acids is 2. The lowest BCUT2D eigenvalue weighted by molar-refractivity contribution is -0.302. The molecule has 0 bridgehead atoms. The quantitative estimate of drug-likeness (QED) is 0.140. The molecule has 0 radical (unpaired) electrons. The van der Waals surface area contributed by atoms with E-state index < -0.39 is 127 Å². The Kier molecular flexibility index (Phi) is 21.0. The number of amides is 1. The van der Waals surface area contributed by atoms with Crippen molar-refractivity contribution < 1.29 is 67.9 Å². The average molecular weight is 1040 g/mol. The number of aliphatic hydroxyl groups is 5. The number of esters is 1. The Labute approximate surface area is 432 Å². The maximum atomic E-state index is 14.8. The summed E-state index contributed by atoms with van der Waals surface area (Å²) in [7, 11) is 8.27. The van der Waals surface area contributed by atoms with Gasteiger partial charge in [0.1, 0.15) is 48.8 Å². The van der Waals surface area contributed by atoms with Crippen LogP contribution in [0.15, 0.2) is 30.5 Å². The first-order valence-electron chi connectivity index (χ1n) is 26.1. The summed E-state index contributed by atoms with van der Waals surface area (Å²) < 4.78 is 54.1. The van der Waals surface area contributed by atoms with Crippen LogP contribution in [0.4, 0.5) is 4.39 Å². The topological polar surface area (TPSA) is 240 Å². The molecule has 6 N–H and O–H groups in total. The molecule has 20 atom stereocenters. The van der Waals surface area contributed by atoms with E-state index in [0.29, 0.717) is 42.8 Å². The highest BCUT2D eigenvalue weighted by molar-refractivity contribution is 5.93. The van der Waals surface area contributed by atoms with E-state index in [1.807, 2.05) is 44.7 Å². The van der Waals surface area contributed by atoms with E-state index in [1.54, 1.807) is 79.1 Å². The molecule has 416 valence electrons. The van der Waals surface area contributed by atoms with E-state index in [4.69, 9.17) is 28.4 Å². The molecular formula is C53H89FN6O13. The van der Waals surface area contributed by atoms with Crippen LogP contribution in [0.2, 0.25) is 0 Å². The van der Waals surface area contributed by atoms with Crippen LogP contribution in [-0.4, -0.2) is 201 Å². The zero-order valence-corrected chi connectivity index (χ0v) is 46.0. The van der Waals surface area contributed by atoms with Gasteiger partial charge in [-0.05, 0) is 104 Å². The fourth-order valence-electron chi connectivity index (χ4n) is 12.0. The van der Waals surface area contributed by atoms with E-state index >= 15 is 0 Å². The first-order chi connectivity index (χ1) is 34.2. The van der Waals surface area contributed by atoms with E-state index in [9.17, 15) is 39.5 Å². The third kappa shape index (κ3) is 13.7. The smallest absolute Gasteiger partial charge is 0.309 e. The lowest BCUT2D eigenvalue weighted by Crippen LogP contribution is -2.62. The van der Waals surface area contributed by atoms with Crippen molar-refractivity contribution in [3.05, 3.63) is 47.3 Å². The van der Waals surface area contributed by atoms with E-state index in [-0.39, 0.29) is 31.1 Å². The molecule has 19 nitrogen and oxygen atoms in total. The summed E-state index contributed by atoms with van der Waals surface area (Å²) in [6.07, 6.45) is -6.48. The van der Waals surface area contributed by atoms with E-state index in [2.05, 4.69) is 15.6 Å². The molecule has 3 aliphatic rings. The third-order valence-corrected chi connectivity index (χ3v) is 16.6. The SMILES string of the molecule is CC[C@H]1OC(=O)[C@H](C)[C@@H](C2C[C@@](C)(OC)[C@@H](O)[C@H](C)O2)[C@H](C)[C@@H](O[C@@H]2O[C@H](C)C[C@H](N(C)CCc3cn([C@H](CF)[C@H](OC)c4ccc(C(=O)NC)cc4)nn3)[C@H]2O)[C@](C)(O)C[C@@H](C)CN(C)[C@H](C)[C@@H](O)[C@]1(C)O. The standard InChI is InChI=1S/C53H89FN6O13/c1-16-41-53(10,67)45(62)33(6)59(13)27-29(2)24-51(8,66)47(31(4)42(32(5)49(65)72-41)40-25-52(9,69-15)46(63)34(7)71-40)73-50-43(61)38(23-30(3)70-50)58(12)22-21-37-28-60(57-56-37)39(26-54)44(68-14)35-17-19-36(20-18-35)48(64)55-11/h17-20,28-34,38-47,50,61-63,66-67H,16,21-27H2,1-15H3,(H,55,64)/t29-,30-,31+,32-,33-,34+,38+,39-,40?,41-,42+,43-,44-,45-,46+,47-,50+,51-,52-,53-/m1/s1. The van der Waals surface area contributed by atoms with Gasteiger partial charge in [0.15, 0.2) is 6.29 Å². The molecule has 0 saturated carbocycles. The van der Waals surface area contributed by atoms with Gasteiger partial charge < -0.3 is 69.1 Å². The zero-order chi connectivity index (χ0) is 54.5. The van der Waals surface area contributed by atoms with Crippen LogP contribution in [0.3, 0.4) is 0 Å². The lowest BCUT2D eigenvalue weighted by Gasteiger charge is -2.51. The van der Waals surface area contributed by atoms with Gasteiger partial charge in [-0.2, -0.15) is 0 Å². The first-order valence-corrected chi connectivity index (χ1v) is 26.1. The van der Waals surface area contributed by atoms with Crippen molar-refractivity contribution >= 4 is 11.9 Å². The van der Waals surface area contributed by atoms with E-state index in [0.717, 1.165) is 0 Å². The number of alkyl halides is 1. The van der Waals surface area contributed by atoms with Crippen molar-refractivity contribution in [3.8, 4) is 0 Å². The number of cyclic esters (lactones) is 1. The van der Waals surface area contributed by atoms with Crippen molar-refractivity contribution in [2.45, 2.75) is 197 Å². The molecule has 3 saturated heterocycles. The van der Waals surface area contributed by atoms with Gasteiger partial charge in [-0.25, -0.2) is 9.07 Å². The van der Waals surface area contributed by atoms with Crippen molar-refractivity contribution in [3.63, 3.8) is 0 Å². The van der Waals surface area contributed by atoms with Gasteiger partial charge in [-0.3, -0.25) is 9.59 Å². The molecule has 1 aromatic heterocycles. The van der Waals surface area contributed by atoms with Crippen LogP contribution in [0.5, 0.6) is 0 Å². The minimum atomic E-state index is -1.83. The summed E-state index contributed by atoms with van der Waals surface area (Å²) in [4.78, 5) is 30.7. The molecule has 73 heavy (non-hydrogen) atoms. The molecule has 2 aromatic rings. The van der Waals surface area contributed by atoms with Crippen LogP contribution < -0.4 is 5.32 Å². The highest BCUT2D eigenvalue weighted by Gasteiger charge is 2.55. The third-order valence-electron chi connectivity index (χ3n) is 16.6. The van der Waals surface area contributed by atoms with Crippen LogP contribution in [-0.2, 0) is 39.6 Å². The zero-order valence-electron chi connectivity index (χ0n) is 46.0. The van der Waals surface area contributed by atoms with Gasteiger partial charge in [0, 0.05) is 77.0 Å². The summed E-state index contributed by atoms with van der Waals surface area (Å²) in [6.45, 7) is 17.8. The van der Waals surface area contributed by atoms with Crippen LogP contribution in [0.25, 0.3) is 0 Å². The number of nitrogens with one attached hydrogen (secondary N) is 1. The number of nitrogens with zero attached hydrogens (tertiary/aromatic N) is 5. The molecular weight excluding hydrogens is 948 g/mol. The summed E-state index contributed by atoms with van der Waals surface area (Å²) in [6, 6.07) is 4.84. The fraction of sp³-hybridized carbons (Fsp3) is 0.811. The summed E-state index contributed by atoms with van der Waals surface area (Å²) in [5.41, 5.74) is -2.83. The van der Waals surface area contributed by atoms with Crippen molar-refractivity contribution in [1.82, 2.24) is 30.1 Å². The Hall–Kier alpha value is -3.25. The van der Waals surface area contributed by atoms with Gasteiger partial charge in [-0.15, -0.1) is 5.10 Å². The molecule has 3 fully saturated rings. The minimum absolute atomic E-state index is 0.165. The Morgan fingerprint density at radius 2 is 1.67 bits per heavy atom. The number of likely N-dealkylation sites (N-methyl/N-ethyl adjacent to an activating group) is 2. The molecule has 0 spiro atoms. The van der Waals surface area contributed by atoms with Gasteiger partial charge in [0.05, 0.1) is 47.2 Å². The van der Waals surface area contributed by atoms with Crippen molar-refractivity contribution in [2.75, 3.05) is 55.1 Å². The molecule has 4 heterocycles. The number of ether oxygens (including phenoxy) is 6. The number of methoxy groups -OCH3 is 2. The number of carbonyl (C=O) groups is 2. The second kappa shape index (κ2) is 25.3. The largest absolute Gasteiger partial charge is 0.459 e. The van der Waals surface area contributed by atoms with Crippen LogP contribution in [0.1, 0.15) is 129 Å². The molecule has 1 unspecified atom stereocenters. The number of rotatable bonds is 15. The van der Waals surface area contributed by atoms with Crippen LogP contribution >= 0.6 is 0 Å². The summed E-state index contributed by atoms with van der Waals surface area (Å²) in [5, 5.41) is 71.4. The predicted molar refractivity (Wildman–Crippen MR) is 270 cm³/mol. The predicted octanol–water partition coefficient (Wildman–Crippen LogP) is 3.64. The van der Waals surface area contributed by atoms with E-state index in [1.165, 1.54) is 25.8 Å². The number of hydrogen-bond donors (Lipinski definition) is 6. The minimum Gasteiger partial charge on any atom is -0.459 e. The lowest BCUT2D eigenvalue weighted by atomic mass is 9.68. The van der Waals surface area contributed by atoms with Gasteiger partial charge in [-0.1, -0.05) is 45.0 Å². The average Bonchev–Trinajstić information content (AvgIpc) is 3.82. The monoisotopic (exact) mass is 1040 g/mol. The summed E-state index contributed by atoms with van der Waals surface area (Å²) >= 11 is 0. The van der Waals surface area contributed by atoms with Gasteiger partial charge in [0.2, 0.25) is 0 Å². The highest BCUT2D eigenvalue weighted by atomic mass is 19.1. The Morgan fingerprint density at radius 1 is 1.01 bits per heavy atom. The maximum Gasteiger partial charge on any atom is 0.309 e. The number of hydrogen-bond acceptors (Lipinski definition) is 17. The Morgan fingerprint density at radius 3 is 2.26 bits per heavy atom. The normalized spacial score (nSPS) is 39.5. The number of aliphatic hydroxyl groups excluding tert-OH is 3. The second-order valence-corrected chi connectivity index (χ2v) is 22.3. The summed E-state index contributed by atoms with van der Waals surface area (Å²) in [5.74, 6) is -3.53. The molecule has 1 aromatic carbocycles. The second-order valence-electron chi connectivity index (χ2n) is 22.3. The number of aromatic nitrogens is 3. The van der Waals surface area contributed by atoms with Crippen molar-refractivity contribution in [1.29, 1.82) is 0 Å². The Balaban J connectivity index is 1.45. The molecule has 0 aliphatic carbocycles. The first kappa shape index (κ1) is 60.6. The fourth-order valence-corrected chi connectivity index (χ4v) is 12.0.